The van der Waals surface area contributed by atoms with E-state index in [0.717, 1.165) is 37.1 Å². The summed E-state index contributed by atoms with van der Waals surface area (Å²) in [5, 5.41) is 4.14. The predicted molar refractivity (Wildman–Crippen MR) is 116 cm³/mol. The van der Waals surface area contributed by atoms with Crippen molar-refractivity contribution in [3.63, 3.8) is 0 Å². The van der Waals surface area contributed by atoms with E-state index in [1.165, 1.54) is 11.8 Å². The minimum atomic E-state index is -0.464. The molecule has 28 heavy (non-hydrogen) atoms. The van der Waals surface area contributed by atoms with Crippen molar-refractivity contribution in [1.82, 2.24) is 4.98 Å². The highest BCUT2D eigenvalue weighted by molar-refractivity contribution is 8.15. The molecular formula is C21H19N3O2S2. The van der Waals surface area contributed by atoms with Crippen molar-refractivity contribution in [3.8, 4) is 0 Å². The van der Waals surface area contributed by atoms with Gasteiger partial charge in [0.05, 0.1) is 15.3 Å². The van der Waals surface area contributed by atoms with Crippen LogP contribution in [0, 0.1) is 13.8 Å². The number of anilines is 1. The van der Waals surface area contributed by atoms with Crippen molar-refractivity contribution in [3.05, 3.63) is 58.6 Å². The summed E-state index contributed by atoms with van der Waals surface area (Å²) >= 11 is 2.99. The van der Waals surface area contributed by atoms with Gasteiger partial charge in [-0.3, -0.25) is 9.59 Å². The monoisotopic (exact) mass is 409 g/mol. The molecule has 1 atom stereocenters. The Balaban J connectivity index is 1.38. The van der Waals surface area contributed by atoms with Crippen LogP contribution in [0.3, 0.4) is 0 Å². The van der Waals surface area contributed by atoms with Crippen LogP contribution in [0.15, 0.2) is 47.5 Å². The highest BCUT2D eigenvalue weighted by Gasteiger charge is 2.31. The van der Waals surface area contributed by atoms with E-state index in [4.69, 9.17) is 0 Å². The van der Waals surface area contributed by atoms with E-state index in [0.29, 0.717) is 6.42 Å². The molecule has 3 aromatic rings. The van der Waals surface area contributed by atoms with E-state index in [2.05, 4.69) is 15.3 Å². The van der Waals surface area contributed by atoms with E-state index < -0.39 is 5.25 Å². The van der Waals surface area contributed by atoms with Gasteiger partial charge in [-0.25, -0.2) is 9.98 Å². The second-order valence-electron chi connectivity index (χ2n) is 6.72. The average Bonchev–Trinajstić information content (AvgIpc) is 3.21. The highest BCUT2D eigenvalue weighted by atomic mass is 32.2. The van der Waals surface area contributed by atoms with Crippen LogP contribution < -0.4 is 5.32 Å². The molecule has 1 aromatic heterocycles. The van der Waals surface area contributed by atoms with E-state index in [9.17, 15) is 9.59 Å². The van der Waals surface area contributed by atoms with Gasteiger partial charge in [0, 0.05) is 18.5 Å². The van der Waals surface area contributed by atoms with Gasteiger partial charge in [0.15, 0.2) is 0 Å². The van der Waals surface area contributed by atoms with Crippen molar-refractivity contribution in [2.45, 2.75) is 31.9 Å². The quantitative estimate of drug-likeness (QED) is 0.672. The molecule has 2 aromatic carbocycles. The number of para-hydroxylation sites is 2. The summed E-state index contributed by atoms with van der Waals surface area (Å²) < 4.78 is 1.12. The van der Waals surface area contributed by atoms with Crippen molar-refractivity contribution in [1.29, 1.82) is 0 Å². The number of rotatable bonds is 5. The molecule has 0 unspecified atom stereocenters. The maximum atomic E-state index is 12.5. The molecule has 142 valence electrons. The topological polar surface area (TPSA) is 71.4 Å². The number of fused-ring (bicyclic) bond motifs is 1. The Morgan fingerprint density at radius 3 is 2.61 bits per heavy atom. The molecule has 1 aliphatic heterocycles. The smallest absolute Gasteiger partial charge is 0.260 e. The Kier molecular flexibility index (Phi) is 5.28. The molecule has 4 rings (SSSR count). The van der Waals surface area contributed by atoms with Gasteiger partial charge in [-0.15, -0.1) is 11.3 Å². The van der Waals surface area contributed by atoms with Crippen LogP contribution in [0.5, 0.6) is 0 Å². The fourth-order valence-corrected chi connectivity index (χ4v) is 5.28. The molecule has 5 nitrogen and oxygen atoms in total. The number of benzene rings is 2. The van der Waals surface area contributed by atoms with E-state index in [1.54, 1.807) is 11.3 Å². The Hall–Kier alpha value is -2.51. The first-order valence-electron chi connectivity index (χ1n) is 8.98. The van der Waals surface area contributed by atoms with Crippen LogP contribution in [0.1, 0.15) is 22.6 Å². The van der Waals surface area contributed by atoms with Crippen LogP contribution in [0.4, 0.5) is 5.69 Å². The van der Waals surface area contributed by atoms with Gasteiger partial charge in [0.25, 0.3) is 5.91 Å². The molecule has 2 amide bonds. The zero-order chi connectivity index (χ0) is 19.7. The Bertz CT molecular complexity index is 1050. The Labute approximate surface area is 171 Å². The summed E-state index contributed by atoms with van der Waals surface area (Å²) in [5.41, 5.74) is 3.79. The number of carbonyl (C=O) groups excluding carboxylic acids is 2. The summed E-state index contributed by atoms with van der Waals surface area (Å²) in [5.74, 6) is -0.405. The first kappa shape index (κ1) is 18.8. The second kappa shape index (κ2) is 7.85. The standard InChI is InChI=1S/C21H19N3O2S2/c1-12-6-5-7-13(2)20(12)23-17(25)10-16-21(26)24-19(28-16)11-18-22-14-8-3-4-9-15(14)27-18/h3-9,16H,10-11H2,1-2H3,(H,23,25)/t16-/m0/s1. The number of carbonyl (C=O) groups is 2. The Morgan fingerprint density at radius 2 is 1.86 bits per heavy atom. The van der Waals surface area contributed by atoms with Crippen LogP contribution >= 0.6 is 23.1 Å². The molecule has 0 spiro atoms. The zero-order valence-electron chi connectivity index (χ0n) is 15.6. The number of aromatic nitrogens is 1. The maximum absolute atomic E-state index is 12.5. The third-order valence-electron chi connectivity index (χ3n) is 4.55. The molecule has 0 radical (unpaired) electrons. The lowest BCUT2D eigenvalue weighted by Gasteiger charge is -2.12. The van der Waals surface area contributed by atoms with Crippen molar-refractivity contribution < 1.29 is 9.59 Å². The van der Waals surface area contributed by atoms with E-state index in [1.807, 2.05) is 56.3 Å². The van der Waals surface area contributed by atoms with Crippen LogP contribution in [-0.4, -0.2) is 27.1 Å². The third kappa shape index (κ3) is 4.00. The molecule has 0 aliphatic carbocycles. The largest absolute Gasteiger partial charge is 0.326 e. The molecule has 1 aliphatic rings. The normalized spacial score (nSPS) is 16.4. The zero-order valence-corrected chi connectivity index (χ0v) is 17.2. The lowest BCUT2D eigenvalue weighted by molar-refractivity contribution is -0.121. The minimum Gasteiger partial charge on any atom is -0.326 e. The van der Waals surface area contributed by atoms with Gasteiger partial charge in [0.2, 0.25) is 5.91 Å². The highest BCUT2D eigenvalue weighted by Crippen LogP contribution is 2.30. The lowest BCUT2D eigenvalue weighted by Crippen LogP contribution is -2.22. The average molecular weight is 410 g/mol. The van der Waals surface area contributed by atoms with Crippen LogP contribution in [-0.2, 0) is 16.0 Å². The van der Waals surface area contributed by atoms with Crippen molar-refractivity contribution >= 4 is 55.9 Å². The number of nitrogens with zero attached hydrogens (tertiary/aromatic N) is 2. The summed E-state index contributed by atoms with van der Waals surface area (Å²) in [6.07, 6.45) is 0.648. The number of aryl methyl sites for hydroxylation is 2. The maximum Gasteiger partial charge on any atom is 0.260 e. The van der Waals surface area contributed by atoms with Crippen molar-refractivity contribution in [2.75, 3.05) is 5.32 Å². The van der Waals surface area contributed by atoms with Crippen LogP contribution in [0.25, 0.3) is 10.2 Å². The molecule has 0 saturated carbocycles. The number of hydrogen-bond acceptors (Lipinski definition) is 5. The third-order valence-corrected chi connectivity index (χ3v) is 6.74. The molecule has 1 N–H and O–H groups in total. The lowest BCUT2D eigenvalue weighted by atomic mass is 10.1. The van der Waals surface area contributed by atoms with E-state index >= 15 is 0 Å². The fraction of sp³-hybridized carbons (Fsp3) is 0.238. The summed E-state index contributed by atoms with van der Waals surface area (Å²) in [6.45, 7) is 3.91. The number of hydrogen-bond donors (Lipinski definition) is 1. The number of thiazole rings is 1. The van der Waals surface area contributed by atoms with Gasteiger partial charge in [-0.05, 0) is 37.1 Å². The van der Waals surface area contributed by atoms with Gasteiger partial charge in [-0.1, -0.05) is 42.1 Å². The molecular weight excluding hydrogens is 390 g/mol. The van der Waals surface area contributed by atoms with Gasteiger partial charge in [-0.2, -0.15) is 0 Å². The predicted octanol–water partition coefficient (Wildman–Crippen LogP) is 4.52. The Morgan fingerprint density at radius 1 is 1.11 bits per heavy atom. The fourth-order valence-electron chi connectivity index (χ4n) is 3.14. The van der Waals surface area contributed by atoms with Gasteiger partial charge in [0.1, 0.15) is 10.3 Å². The molecule has 2 heterocycles. The first-order chi connectivity index (χ1) is 13.5. The number of nitrogens with one attached hydrogen (secondary N) is 1. The first-order valence-corrected chi connectivity index (χ1v) is 10.7. The number of thioether (sulfide) groups is 1. The van der Waals surface area contributed by atoms with Crippen LogP contribution in [0.2, 0.25) is 0 Å². The number of aliphatic imine (C=N–C) groups is 1. The minimum absolute atomic E-state index is 0.115. The molecule has 0 saturated heterocycles. The number of amides is 2. The second-order valence-corrected chi connectivity index (χ2v) is 9.11. The molecule has 0 bridgehead atoms. The SMILES string of the molecule is Cc1cccc(C)c1NC(=O)C[C@@H]1SC(Cc2nc3ccccc3s2)=NC1=O. The van der Waals surface area contributed by atoms with Gasteiger partial charge >= 0.3 is 0 Å². The molecule has 7 heteroatoms. The van der Waals surface area contributed by atoms with Crippen molar-refractivity contribution in [2.24, 2.45) is 4.99 Å². The van der Waals surface area contributed by atoms with E-state index in [-0.39, 0.29) is 18.2 Å². The summed E-state index contributed by atoms with van der Waals surface area (Å²) in [7, 11) is 0. The van der Waals surface area contributed by atoms with Gasteiger partial charge < -0.3 is 5.32 Å². The molecule has 0 fully saturated rings. The summed E-state index contributed by atoms with van der Waals surface area (Å²) in [6, 6.07) is 13.8. The summed E-state index contributed by atoms with van der Waals surface area (Å²) in [4.78, 5) is 33.5.